The Labute approximate surface area is 187 Å². The predicted molar refractivity (Wildman–Crippen MR) is 117 cm³/mol. The fourth-order valence-electron chi connectivity index (χ4n) is 3.40. The molecule has 0 radical (unpaired) electrons. The summed E-state index contributed by atoms with van der Waals surface area (Å²) in [6.07, 6.45) is 0.647. The molecule has 166 valence electrons. The van der Waals surface area contributed by atoms with Gasteiger partial charge in [0.25, 0.3) is 5.91 Å². The van der Waals surface area contributed by atoms with Crippen molar-refractivity contribution in [2.75, 3.05) is 44.3 Å². The summed E-state index contributed by atoms with van der Waals surface area (Å²) in [6, 6.07) is 7.36. The lowest BCUT2D eigenvalue weighted by molar-refractivity contribution is 0.0376. The fourth-order valence-corrected chi connectivity index (χ4v) is 4.43. The number of carbonyl (C=O) groups excluding carboxylic acids is 1. The van der Waals surface area contributed by atoms with E-state index < -0.39 is 23.4 Å². The highest BCUT2D eigenvalue weighted by Gasteiger charge is 2.23. The Morgan fingerprint density at radius 1 is 1.13 bits per heavy atom. The van der Waals surface area contributed by atoms with E-state index in [0.717, 1.165) is 43.1 Å². The van der Waals surface area contributed by atoms with Crippen LogP contribution in [-0.4, -0.2) is 55.2 Å². The number of morpholine rings is 1. The number of anilines is 1. The maximum Gasteiger partial charge on any atom is 0.260 e. The summed E-state index contributed by atoms with van der Waals surface area (Å²) in [6.45, 7) is 4.07. The first-order valence-corrected chi connectivity index (χ1v) is 10.5. The van der Waals surface area contributed by atoms with Crippen molar-refractivity contribution in [1.29, 1.82) is 0 Å². The molecule has 0 spiro atoms. The van der Waals surface area contributed by atoms with E-state index >= 15 is 0 Å². The molecule has 1 amide bonds. The average Bonchev–Trinajstić information content (AvgIpc) is 3.15. The number of halogens is 4. The van der Waals surface area contributed by atoms with Crippen LogP contribution in [0.3, 0.4) is 0 Å². The molecule has 1 aliphatic rings. The lowest BCUT2D eigenvalue weighted by Crippen LogP contribution is -2.39. The molecule has 2 aromatic carbocycles. The number of hydrogen-bond acceptors (Lipinski definition) is 5. The standard InChI is InChI=1S/C21H20F3N3O2S.ClH/c22-15-4-1-3-14(11-15)20(28)27(6-2-5-26-7-9-29-10-8-26)21-25-19-17(24)12-16(23)13-18(19)30-21;/h1,3-4,11-13H,2,5-10H2;1H. The second-order valence-corrected chi connectivity index (χ2v) is 8.01. The highest BCUT2D eigenvalue weighted by molar-refractivity contribution is 7.22. The Kier molecular flexibility index (Phi) is 7.88. The second-order valence-electron chi connectivity index (χ2n) is 7.01. The molecule has 0 bridgehead atoms. The van der Waals surface area contributed by atoms with Crippen LogP contribution in [0, 0.1) is 17.5 Å². The molecule has 0 aliphatic carbocycles. The minimum absolute atomic E-state index is 0. The molecule has 1 fully saturated rings. The number of nitrogens with zero attached hydrogens (tertiary/aromatic N) is 3. The normalized spacial score (nSPS) is 14.4. The van der Waals surface area contributed by atoms with Gasteiger partial charge in [-0.2, -0.15) is 0 Å². The van der Waals surface area contributed by atoms with Crippen molar-refractivity contribution in [2.45, 2.75) is 6.42 Å². The van der Waals surface area contributed by atoms with Crippen LogP contribution >= 0.6 is 23.7 Å². The van der Waals surface area contributed by atoms with Crippen molar-refractivity contribution < 1.29 is 22.7 Å². The number of rotatable bonds is 6. The molecule has 0 saturated carbocycles. The van der Waals surface area contributed by atoms with Crippen molar-refractivity contribution in [3.05, 3.63) is 59.4 Å². The van der Waals surface area contributed by atoms with Gasteiger partial charge < -0.3 is 4.74 Å². The van der Waals surface area contributed by atoms with E-state index in [9.17, 15) is 18.0 Å². The number of aromatic nitrogens is 1. The number of benzene rings is 2. The minimum Gasteiger partial charge on any atom is -0.379 e. The highest BCUT2D eigenvalue weighted by atomic mass is 35.5. The molecule has 1 aromatic heterocycles. The first-order chi connectivity index (χ1) is 14.5. The smallest absolute Gasteiger partial charge is 0.260 e. The number of amides is 1. The van der Waals surface area contributed by atoms with Gasteiger partial charge in [-0.05, 0) is 30.7 Å². The van der Waals surface area contributed by atoms with Gasteiger partial charge in [0.15, 0.2) is 10.9 Å². The summed E-state index contributed by atoms with van der Waals surface area (Å²) in [5.41, 5.74) is 0.189. The van der Waals surface area contributed by atoms with Gasteiger partial charge in [0.05, 0.1) is 17.9 Å². The summed E-state index contributed by atoms with van der Waals surface area (Å²) >= 11 is 1.03. The maximum atomic E-state index is 14.1. The molecule has 5 nitrogen and oxygen atoms in total. The Balaban J connectivity index is 0.00000272. The zero-order valence-electron chi connectivity index (χ0n) is 16.5. The Morgan fingerprint density at radius 2 is 1.90 bits per heavy atom. The van der Waals surface area contributed by atoms with Crippen LogP contribution in [0.15, 0.2) is 36.4 Å². The molecule has 2 heterocycles. The molecule has 1 aliphatic heterocycles. The molecule has 0 unspecified atom stereocenters. The van der Waals surface area contributed by atoms with E-state index in [1.165, 1.54) is 29.2 Å². The number of ether oxygens (including phenoxy) is 1. The quantitative estimate of drug-likeness (QED) is 0.531. The van der Waals surface area contributed by atoms with Crippen molar-refractivity contribution >= 4 is 45.0 Å². The summed E-state index contributed by atoms with van der Waals surface area (Å²) in [5.74, 6) is -2.44. The largest absolute Gasteiger partial charge is 0.379 e. The molecule has 10 heteroatoms. The third-order valence-electron chi connectivity index (χ3n) is 4.91. The fraction of sp³-hybridized carbons (Fsp3) is 0.333. The molecule has 3 aromatic rings. The summed E-state index contributed by atoms with van der Waals surface area (Å²) < 4.78 is 47.0. The zero-order valence-corrected chi connectivity index (χ0v) is 18.2. The van der Waals surface area contributed by atoms with Gasteiger partial charge >= 0.3 is 0 Å². The van der Waals surface area contributed by atoms with Gasteiger partial charge in [0, 0.05) is 37.8 Å². The van der Waals surface area contributed by atoms with E-state index in [2.05, 4.69) is 9.88 Å². The minimum atomic E-state index is -0.779. The lowest BCUT2D eigenvalue weighted by Gasteiger charge is -2.27. The first kappa shape index (κ1) is 23.5. The monoisotopic (exact) mass is 471 g/mol. The van der Waals surface area contributed by atoms with E-state index in [1.807, 2.05) is 0 Å². The number of hydrogen-bond donors (Lipinski definition) is 0. The van der Waals surface area contributed by atoms with Crippen molar-refractivity contribution in [2.24, 2.45) is 0 Å². The lowest BCUT2D eigenvalue weighted by atomic mass is 10.2. The SMILES string of the molecule is Cl.O=C(c1cccc(F)c1)N(CCCN1CCOCC1)c1nc2c(F)cc(F)cc2s1. The predicted octanol–water partition coefficient (Wildman–Crippen LogP) is 4.50. The summed E-state index contributed by atoms with van der Waals surface area (Å²) in [5, 5.41) is 0.255. The highest BCUT2D eigenvalue weighted by Crippen LogP contribution is 2.32. The number of carbonyl (C=O) groups is 1. The maximum absolute atomic E-state index is 14.1. The first-order valence-electron chi connectivity index (χ1n) is 9.64. The van der Waals surface area contributed by atoms with Crippen LogP contribution in [0.25, 0.3) is 10.2 Å². The Hall–Kier alpha value is -2.20. The van der Waals surface area contributed by atoms with Crippen LogP contribution in [0.2, 0.25) is 0 Å². The molecule has 0 N–H and O–H groups in total. The summed E-state index contributed by atoms with van der Waals surface area (Å²) in [7, 11) is 0. The van der Waals surface area contributed by atoms with E-state index in [-0.39, 0.29) is 28.6 Å². The van der Waals surface area contributed by atoms with Crippen molar-refractivity contribution in [1.82, 2.24) is 9.88 Å². The van der Waals surface area contributed by atoms with Crippen LogP contribution in [0.4, 0.5) is 18.3 Å². The average molecular weight is 472 g/mol. The van der Waals surface area contributed by atoms with E-state index in [4.69, 9.17) is 4.74 Å². The topological polar surface area (TPSA) is 45.7 Å². The van der Waals surface area contributed by atoms with Gasteiger partial charge in [0.1, 0.15) is 17.2 Å². The molecule has 31 heavy (non-hydrogen) atoms. The van der Waals surface area contributed by atoms with Gasteiger partial charge in [-0.1, -0.05) is 17.4 Å². The van der Waals surface area contributed by atoms with Crippen LogP contribution in [-0.2, 0) is 4.74 Å². The van der Waals surface area contributed by atoms with Crippen LogP contribution in [0.5, 0.6) is 0 Å². The molecular formula is C21H21ClF3N3O2S. The third kappa shape index (κ3) is 5.54. The van der Waals surface area contributed by atoms with Crippen LogP contribution in [0.1, 0.15) is 16.8 Å². The molecule has 4 rings (SSSR count). The van der Waals surface area contributed by atoms with E-state index in [1.54, 1.807) is 0 Å². The van der Waals surface area contributed by atoms with Crippen molar-refractivity contribution in [3.8, 4) is 0 Å². The van der Waals surface area contributed by atoms with Gasteiger partial charge in [0.2, 0.25) is 0 Å². The van der Waals surface area contributed by atoms with Crippen molar-refractivity contribution in [3.63, 3.8) is 0 Å². The molecule has 0 atom stereocenters. The van der Waals surface area contributed by atoms with Gasteiger partial charge in [-0.15, -0.1) is 12.4 Å². The number of fused-ring (bicyclic) bond motifs is 1. The Bertz CT molecular complexity index is 1060. The third-order valence-corrected chi connectivity index (χ3v) is 5.93. The zero-order chi connectivity index (χ0) is 21.1. The summed E-state index contributed by atoms with van der Waals surface area (Å²) in [4.78, 5) is 21.0. The molecular weight excluding hydrogens is 451 g/mol. The van der Waals surface area contributed by atoms with Crippen LogP contribution < -0.4 is 4.90 Å². The molecule has 1 saturated heterocycles. The Morgan fingerprint density at radius 3 is 2.65 bits per heavy atom. The van der Waals surface area contributed by atoms with Gasteiger partial charge in [-0.3, -0.25) is 14.6 Å². The van der Waals surface area contributed by atoms with Gasteiger partial charge in [-0.25, -0.2) is 18.2 Å². The van der Waals surface area contributed by atoms with E-state index in [0.29, 0.717) is 30.9 Å². The second kappa shape index (κ2) is 10.4. The number of thiazole rings is 1.